The van der Waals surface area contributed by atoms with Crippen molar-refractivity contribution < 1.29 is 9.59 Å². The molecule has 5 nitrogen and oxygen atoms in total. The van der Waals surface area contributed by atoms with E-state index in [2.05, 4.69) is 16.0 Å². The lowest BCUT2D eigenvalue weighted by Crippen LogP contribution is -2.40. The van der Waals surface area contributed by atoms with E-state index in [1.165, 1.54) is 0 Å². The standard InChI is InChI=1S/C16H21N3O2/c20-15(12-6-7-12)19-13-4-1-3-11(9-13)10-18-16(21)14-5-2-8-17-14/h1,3-4,9,12,14,17H,2,5-8,10H2,(H,18,21)(H,19,20)/t14-/m0/s1. The zero-order valence-electron chi connectivity index (χ0n) is 12.0. The summed E-state index contributed by atoms with van der Waals surface area (Å²) in [6.45, 7) is 1.41. The van der Waals surface area contributed by atoms with E-state index in [0.717, 1.165) is 43.5 Å². The van der Waals surface area contributed by atoms with Crippen molar-refractivity contribution in [1.82, 2.24) is 10.6 Å². The molecule has 1 heterocycles. The van der Waals surface area contributed by atoms with Gasteiger partial charge in [0, 0.05) is 18.2 Å². The van der Waals surface area contributed by atoms with Crippen LogP contribution in [0.4, 0.5) is 5.69 Å². The SMILES string of the molecule is O=C(Nc1cccc(CNC(=O)[C@@H]2CCCN2)c1)C1CC1. The van der Waals surface area contributed by atoms with Crippen molar-refractivity contribution in [3.8, 4) is 0 Å². The number of amides is 2. The molecule has 1 saturated carbocycles. The van der Waals surface area contributed by atoms with Gasteiger partial charge in [-0.05, 0) is 49.9 Å². The Morgan fingerprint density at radius 1 is 1.19 bits per heavy atom. The first kappa shape index (κ1) is 14.1. The number of nitrogens with one attached hydrogen (secondary N) is 3. The highest BCUT2D eigenvalue weighted by Crippen LogP contribution is 2.30. The van der Waals surface area contributed by atoms with Gasteiger partial charge in [-0.3, -0.25) is 9.59 Å². The summed E-state index contributed by atoms with van der Waals surface area (Å²) in [7, 11) is 0. The van der Waals surface area contributed by atoms with Gasteiger partial charge in [0.05, 0.1) is 6.04 Å². The first-order chi connectivity index (χ1) is 10.2. The van der Waals surface area contributed by atoms with E-state index >= 15 is 0 Å². The Bertz CT molecular complexity index is 534. The van der Waals surface area contributed by atoms with Crippen LogP contribution < -0.4 is 16.0 Å². The van der Waals surface area contributed by atoms with Crippen LogP contribution in [0.25, 0.3) is 0 Å². The maximum absolute atomic E-state index is 11.9. The molecular weight excluding hydrogens is 266 g/mol. The zero-order chi connectivity index (χ0) is 14.7. The fourth-order valence-electron chi connectivity index (χ4n) is 2.57. The molecule has 3 N–H and O–H groups in total. The Balaban J connectivity index is 1.52. The van der Waals surface area contributed by atoms with Crippen molar-refractivity contribution in [3.05, 3.63) is 29.8 Å². The number of carbonyl (C=O) groups is 2. The fourth-order valence-corrected chi connectivity index (χ4v) is 2.57. The summed E-state index contributed by atoms with van der Waals surface area (Å²) >= 11 is 0. The molecule has 2 aliphatic rings. The average Bonchev–Trinajstić information content (AvgIpc) is 3.20. The summed E-state index contributed by atoms with van der Waals surface area (Å²) in [6.07, 6.45) is 3.95. The number of hydrogen-bond donors (Lipinski definition) is 3. The molecule has 1 aliphatic carbocycles. The Morgan fingerprint density at radius 2 is 2.05 bits per heavy atom. The molecule has 2 amide bonds. The lowest BCUT2D eigenvalue weighted by molar-refractivity contribution is -0.123. The van der Waals surface area contributed by atoms with Crippen molar-refractivity contribution in [3.63, 3.8) is 0 Å². The topological polar surface area (TPSA) is 70.2 Å². The molecular formula is C16H21N3O2. The van der Waals surface area contributed by atoms with Gasteiger partial charge in [-0.15, -0.1) is 0 Å². The molecule has 1 saturated heterocycles. The van der Waals surface area contributed by atoms with E-state index in [1.807, 2.05) is 24.3 Å². The smallest absolute Gasteiger partial charge is 0.237 e. The molecule has 0 bridgehead atoms. The van der Waals surface area contributed by atoms with E-state index < -0.39 is 0 Å². The van der Waals surface area contributed by atoms with Crippen LogP contribution in [-0.2, 0) is 16.1 Å². The second-order valence-corrected chi connectivity index (χ2v) is 5.83. The van der Waals surface area contributed by atoms with Gasteiger partial charge < -0.3 is 16.0 Å². The second kappa shape index (κ2) is 6.26. The molecule has 2 fully saturated rings. The summed E-state index contributed by atoms with van der Waals surface area (Å²) in [5.41, 5.74) is 1.80. The van der Waals surface area contributed by atoms with Crippen LogP contribution in [0.15, 0.2) is 24.3 Å². The molecule has 1 aromatic rings. The second-order valence-electron chi connectivity index (χ2n) is 5.83. The molecule has 0 aromatic heterocycles. The Morgan fingerprint density at radius 3 is 2.76 bits per heavy atom. The Labute approximate surface area is 124 Å². The first-order valence-corrected chi connectivity index (χ1v) is 7.63. The lowest BCUT2D eigenvalue weighted by Gasteiger charge is -2.12. The van der Waals surface area contributed by atoms with Gasteiger partial charge >= 0.3 is 0 Å². The highest BCUT2D eigenvalue weighted by molar-refractivity contribution is 5.94. The first-order valence-electron chi connectivity index (χ1n) is 7.63. The Kier molecular flexibility index (Phi) is 4.20. The number of benzene rings is 1. The minimum atomic E-state index is -0.0530. The lowest BCUT2D eigenvalue weighted by atomic mass is 10.1. The van der Waals surface area contributed by atoms with Gasteiger partial charge in [0.25, 0.3) is 0 Å². The minimum absolute atomic E-state index is 0.0530. The number of anilines is 1. The number of carbonyl (C=O) groups excluding carboxylic acids is 2. The van der Waals surface area contributed by atoms with Gasteiger partial charge in [-0.2, -0.15) is 0 Å². The predicted octanol–water partition coefficient (Wildman–Crippen LogP) is 1.40. The number of rotatable bonds is 5. The van der Waals surface area contributed by atoms with E-state index in [9.17, 15) is 9.59 Å². The molecule has 3 rings (SSSR count). The van der Waals surface area contributed by atoms with Gasteiger partial charge in [-0.25, -0.2) is 0 Å². The fraction of sp³-hybridized carbons (Fsp3) is 0.500. The van der Waals surface area contributed by atoms with E-state index in [4.69, 9.17) is 0 Å². The van der Waals surface area contributed by atoms with Crippen LogP contribution in [0, 0.1) is 5.92 Å². The van der Waals surface area contributed by atoms with Gasteiger partial charge in [0.15, 0.2) is 0 Å². The van der Waals surface area contributed by atoms with Crippen LogP contribution in [-0.4, -0.2) is 24.4 Å². The minimum Gasteiger partial charge on any atom is -0.351 e. The third kappa shape index (κ3) is 3.82. The summed E-state index contributed by atoms with van der Waals surface area (Å²) in [5.74, 6) is 0.355. The van der Waals surface area contributed by atoms with Crippen molar-refractivity contribution in [2.24, 2.45) is 5.92 Å². The van der Waals surface area contributed by atoms with Crippen LogP contribution in [0.2, 0.25) is 0 Å². The Hall–Kier alpha value is -1.88. The van der Waals surface area contributed by atoms with Gasteiger partial charge in [0.1, 0.15) is 0 Å². The number of hydrogen-bond acceptors (Lipinski definition) is 3. The van der Waals surface area contributed by atoms with Crippen molar-refractivity contribution in [2.75, 3.05) is 11.9 Å². The third-order valence-electron chi connectivity index (χ3n) is 3.99. The molecule has 5 heteroatoms. The van der Waals surface area contributed by atoms with Crippen molar-refractivity contribution in [1.29, 1.82) is 0 Å². The highest BCUT2D eigenvalue weighted by Gasteiger charge is 2.29. The molecule has 1 aliphatic heterocycles. The van der Waals surface area contributed by atoms with Crippen LogP contribution in [0.5, 0.6) is 0 Å². The van der Waals surface area contributed by atoms with Crippen LogP contribution >= 0.6 is 0 Å². The van der Waals surface area contributed by atoms with E-state index in [-0.39, 0.29) is 23.8 Å². The summed E-state index contributed by atoms with van der Waals surface area (Å²) in [6, 6.07) is 7.60. The largest absolute Gasteiger partial charge is 0.351 e. The quantitative estimate of drug-likeness (QED) is 0.767. The molecule has 112 valence electrons. The zero-order valence-corrected chi connectivity index (χ0v) is 12.0. The normalized spacial score (nSPS) is 21.0. The predicted molar refractivity (Wildman–Crippen MR) is 80.7 cm³/mol. The molecule has 0 radical (unpaired) electrons. The van der Waals surface area contributed by atoms with Crippen molar-refractivity contribution >= 4 is 17.5 Å². The maximum Gasteiger partial charge on any atom is 0.237 e. The van der Waals surface area contributed by atoms with E-state index in [0.29, 0.717) is 6.54 Å². The molecule has 1 aromatic carbocycles. The van der Waals surface area contributed by atoms with Crippen molar-refractivity contribution in [2.45, 2.75) is 38.3 Å². The summed E-state index contributed by atoms with van der Waals surface area (Å²) in [5, 5.41) is 9.05. The molecule has 21 heavy (non-hydrogen) atoms. The van der Waals surface area contributed by atoms with Crippen LogP contribution in [0.3, 0.4) is 0 Å². The molecule has 0 spiro atoms. The molecule has 1 atom stereocenters. The highest BCUT2D eigenvalue weighted by atomic mass is 16.2. The van der Waals surface area contributed by atoms with Gasteiger partial charge in [0.2, 0.25) is 11.8 Å². The maximum atomic E-state index is 11.9. The molecule has 0 unspecified atom stereocenters. The monoisotopic (exact) mass is 287 g/mol. The van der Waals surface area contributed by atoms with Gasteiger partial charge in [-0.1, -0.05) is 12.1 Å². The average molecular weight is 287 g/mol. The van der Waals surface area contributed by atoms with Crippen LogP contribution in [0.1, 0.15) is 31.2 Å². The third-order valence-corrected chi connectivity index (χ3v) is 3.99. The summed E-state index contributed by atoms with van der Waals surface area (Å²) in [4.78, 5) is 23.7. The summed E-state index contributed by atoms with van der Waals surface area (Å²) < 4.78 is 0. The van der Waals surface area contributed by atoms with E-state index in [1.54, 1.807) is 0 Å².